The van der Waals surface area contributed by atoms with E-state index in [0.29, 0.717) is 16.4 Å². The van der Waals surface area contributed by atoms with Crippen LogP contribution in [0.3, 0.4) is 0 Å². The average Bonchev–Trinajstić information content (AvgIpc) is 2.49. The van der Waals surface area contributed by atoms with Crippen LogP contribution in [0.1, 0.15) is 12.5 Å². The van der Waals surface area contributed by atoms with Crippen LogP contribution in [-0.2, 0) is 14.8 Å². The number of nitrogens with one attached hydrogen (secondary N) is 1. The largest absolute Gasteiger partial charge is 0.326 e. The molecule has 1 N–H and O–H groups in total. The topological polar surface area (TPSA) is 66.5 Å². The summed E-state index contributed by atoms with van der Waals surface area (Å²) in [5.74, 6) is -0.215. The van der Waals surface area contributed by atoms with Crippen LogP contribution in [0.25, 0.3) is 0 Å². The highest BCUT2D eigenvalue weighted by Crippen LogP contribution is 2.28. The second-order valence-corrected chi connectivity index (χ2v) is 7.51. The summed E-state index contributed by atoms with van der Waals surface area (Å²) < 4.78 is 26.6. The van der Waals surface area contributed by atoms with E-state index in [9.17, 15) is 13.2 Å². The average molecular weight is 353 g/mol. The van der Waals surface area contributed by atoms with Crippen LogP contribution >= 0.6 is 11.6 Å². The maximum absolute atomic E-state index is 12.7. The SMILES string of the molecule is CC(=O)Nc1ccc(S(=O)(=O)N(C)c2cc(Cl)ccc2C)cc1. The zero-order chi connectivity index (χ0) is 17.2. The van der Waals surface area contributed by atoms with Crippen LogP contribution in [0, 0.1) is 6.92 Å². The Bertz CT molecular complexity index is 833. The van der Waals surface area contributed by atoms with Crippen molar-refractivity contribution in [3.63, 3.8) is 0 Å². The Hall–Kier alpha value is -2.05. The van der Waals surface area contributed by atoms with Crippen molar-refractivity contribution in [3.05, 3.63) is 53.1 Å². The van der Waals surface area contributed by atoms with E-state index in [1.165, 1.54) is 30.4 Å². The fraction of sp³-hybridized carbons (Fsp3) is 0.188. The molecule has 2 aromatic carbocycles. The number of anilines is 2. The van der Waals surface area contributed by atoms with E-state index in [4.69, 9.17) is 11.6 Å². The van der Waals surface area contributed by atoms with Gasteiger partial charge < -0.3 is 5.32 Å². The van der Waals surface area contributed by atoms with Gasteiger partial charge in [0.05, 0.1) is 10.6 Å². The number of rotatable bonds is 4. The molecule has 0 fully saturated rings. The number of aryl methyl sites for hydroxylation is 1. The first-order valence-corrected chi connectivity index (χ1v) is 8.66. The van der Waals surface area contributed by atoms with E-state index in [0.717, 1.165) is 5.56 Å². The lowest BCUT2D eigenvalue weighted by Gasteiger charge is -2.21. The molecule has 0 aliphatic rings. The number of hydrogen-bond acceptors (Lipinski definition) is 3. The first-order valence-electron chi connectivity index (χ1n) is 6.84. The summed E-state index contributed by atoms with van der Waals surface area (Å²) in [7, 11) is -2.23. The van der Waals surface area contributed by atoms with Crippen LogP contribution in [0.15, 0.2) is 47.4 Å². The van der Waals surface area contributed by atoms with E-state index < -0.39 is 10.0 Å². The number of benzene rings is 2. The maximum atomic E-state index is 12.7. The van der Waals surface area contributed by atoms with E-state index in [2.05, 4.69) is 5.32 Å². The predicted molar refractivity (Wildman–Crippen MR) is 92.5 cm³/mol. The van der Waals surface area contributed by atoms with Gasteiger partial charge in [-0.3, -0.25) is 9.10 Å². The molecule has 0 heterocycles. The van der Waals surface area contributed by atoms with Crippen molar-refractivity contribution in [2.45, 2.75) is 18.7 Å². The quantitative estimate of drug-likeness (QED) is 0.916. The van der Waals surface area contributed by atoms with Crippen LogP contribution in [0.4, 0.5) is 11.4 Å². The molecule has 23 heavy (non-hydrogen) atoms. The van der Waals surface area contributed by atoms with E-state index in [1.807, 2.05) is 6.92 Å². The van der Waals surface area contributed by atoms with Crippen molar-refractivity contribution in [2.75, 3.05) is 16.7 Å². The fourth-order valence-corrected chi connectivity index (χ4v) is 3.54. The standard InChI is InChI=1S/C16H17ClN2O3S/c1-11-4-5-13(17)10-16(11)19(3)23(21,22)15-8-6-14(7-9-15)18-12(2)20/h4-10H,1-3H3,(H,18,20). The van der Waals surface area contributed by atoms with Crippen LogP contribution < -0.4 is 9.62 Å². The number of sulfonamides is 1. The van der Waals surface area contributed by atoms with Gasteiger partial charge >= 0.3 is 0 Å². The van der Waals surface area contributed by atoms with Crippen molar-refractivity contribution in [1.82, 2.24) is 0 Å². The lowest BCUT2D eigenvalue weighted by molar-refractivity contribution is -0.114. The third-order valence-corrected chi connectivity index (χ3v) is 5.36. The van der Waals surface area contributed by atoms with Gasteiger partial charge in [0.15, 0.2) is 0 Å². The minimum atomic E-state index is -3.71. The zero-order valence-corrected chi connectivity index (χ0v) is 14.6. The second-order valence-electron chi connectivity index (χ2n) is 5.11. The van der Waals surface area contributed by atoms with Gasteiger partial charge in [-0.1, -0.05) is 17.7 Å². The summed E-state index contributed by atoms with van der Waals surface area (Å²) in [5.41, 5.74) is 1.86. The number of carbonyl (C=O) groups is 1. The molecular weight excluding hydrogens is 336 g/mol. The summed E-state index contributed by atoms with van der Waals surface area (Å²) in [5, 5.41) is 3.06. The molecule has 0 aromatic heterocycles. The smallest absolute Gasteiger partial charge is 0.264 e. The van der Waals surface area contributed by atoms with Crippen LogP contribution in [0.5, 0.6) is 0 Å². The Morgan fingerprint density at radius 2 is 1.74 bits per heavy atom. The molecule has 5 nitrogen and oxygen atoms in total. The molecule has 0 saturated heterocycles. The molecule has 0 unspecified atom stereocenters. The second kappa shape index (κ2) is 6.60. The van der Waals surface area contributed by atoms with Gasteiger partial charge in [-0.05, 0) is 48.9 Å². The molecule has 0 spiro atoms. The summed E-state index contributed by atoms with van der Waals surface area (Å²) in [6.07, 6.45) is 0. The first kappa shape index (κ1) is 17.3. The molecule has 0 radical (unpaired) electrons. The molecule has 2 aromatic rings. The molecule has 0 saturated carbocycles. The van der Waals surface area contributed by atoms with Gasteiger partial charge in [0, 0.05) is 24.7 Å². The fourth-order valence-electron chi connectivity index (χ4n) is 2.12. The highest BCUT2D eigenvalue weighted by molar-refractivity contribution is 7.92. The van der Waals surface area contributed by atoms with Gasteiger partial charge in [0.2, 0.25) is 5.91 Å². The van der Waals surface area contributed by atoms with Gasteiger partial charge in [-0.2, -0.15) is 0 Å². The number of halogens is 1. The Morgan fingerprint density at radius 1 is 1.13 bits per heavy atom. The molecule has 2 rings (SSSR count). The lowest BCUT2D eigenvalue weighted by atomic mass is 10.2. The number of hydrogen-bond donors (Lipinski definition) is 1. The number of amides is 1. The Kier molecular flexibility index (Phi) is 4.97. The first-order chi connectivity index (χ1) is 10.7. The summed E-state index contributed by atoms with van der Waals surface area (Å²) in [4.78, 5) is 11.1. The van der Waals surface area contributed by atoms with Gasteiger partial charge in [-0.25, -0.2) is 8.42 Å². The van der Waals surface area contributed by atoms with Crippen LogP contribution in [0.2, 0.25) is 5.02 Å². The Morgan fingerprint density at radius 3 is 2.30 bits per heavy atom. The minimum absolute atomic E-state index is 0.133. The van der Waals surface area contributed by atoms with Crippen LogP contribution in [-0.4, -0.2) is 21.4 Å². The van der Waals surface area contributed by atoms with Crippen molar-refractivity contribution in [1.29, 1.82) is 0 Å². The molecule has 0 bridgehead atoms. The van der Waals surface area contributed by atoms with Crippen molar-refractivity contribution >= 4 is 38.9 Å². The summed E-state index contributed by atoms with van der Waals surface area (Å²) in [6.45, 7) is 3.21. The summed E-state index contributed by atoms with van der Waals surface area (Å²) in [6, 6.07) is 11.1. The maximum Gasteiger partial charge on any atom is 0.264 e. The highest BCUT2D eigenvalue weighted by Gasteiger charge is 2.22. The van der Waals surface area contributed by atoms with Gasteiger partial charge in [-0.15, -0.1) is 0 Å². The molecule has 7 heteroatoms. The van der Waals surface area contributed by atoms with Crippen molar-refractivity contribution in [3.8, 4) is 0 Å². The van der Waals surface area contributed by atoms with Crippen molar-refractivity contribution in [2.24, 2.45) is 0 Å². The zero-order valence-electron chi connectivity index (χ0n) is 13.0. The summed E-state index contributed by atoms with van der Waals surface area (Å²) >= 11 is 5.96. The predicted octanol–water partition coefficient (Wildman–Crippen LogP) is 3.43. The number of carbonyl (C=O) groups excluding carboxylic acids is 1. The molecule has 1 amide bonds. The normalized spacial score (nSPS) is 11.1. The Balaban J connectivity index is 2.37. The molecule has 0 aliphatic carbocycles. The van der Waals surface area contributed by atoms with Gasteiger partial charge in [0.25, 0.3) is 10.0 Å². The molecule has 0 aliphatic heterocycles. The van der Waals surface area contributed by atoms with E-state index in [-0.39, 0.29) is 10.8 Å². The minimum Gasteiger partial charge on any atom is -0.326 e. The van der Waals surface area contributed by atoms with Gasteiger partial charge in [0.1, 0.15) is 0 Å². The third-order valence-electron chi connectivity index (χ3n) is 3.34. The monoisotopic (exact) mass is 352 g/mol. The molecule has 0 atom stereocenters. The van der Waals surface area contributed by atoms with E-state index >= 15 is 0 Å². The third kappa shape index (κ3) is 3.83. The number of nitrogens with zero attached hydrogens (tertiary/aromatic N) is 1. The molecular formula is C16H17ClN2O3S. The Labute approximate surface area is 140 Å². The van der Waals surface area contributed by atoms with Crippen molar-refractivity contribution < 1.29 is 13.2 Å². The lowest BCUT2D eigenvalue weighted by Crippen LogP contribution is -2.27. The van der Waals surface area contributed by atoms with E-state index in [1.54, 1.807) is 30.3 Å². The highest BCUT2D eigenvalue weighted by atomic mass is 35.5. The molecule has 122 valence electrons.